The number of aromatic nitrogens is 2. The molecule has 3 aromatic rings. The lowest BCUT2D eigenvalue weighted by Crippen LogP contribution is -2.31. The van der Waals surface area contributed by atoms with E-state index >= 15 is 0 Å². The molecule has 2 heterocycles. The maximum absolute atomic E-state index is 13.1. The highest BCUT2D eigenvalue weighted by molar-refractivity contribution is 7.88. The Morgan fingerprint density at radius 2 is 1.91 bits per heavy atom. The van der Waals surface area contributed by atoms with Gasteiger partial charge in [-0.2, -0.15) is 26.9 Å². The third-order valence-corrected chi connectivity index (χ3v) is 6.04. The minimum atomic E-state index is -6.04. The van der Waals surface area contributed by atoms with Crippen molar-refractivity contribution in [1.29, 1.82) is 5.26 Å². The van der Waals surface area contributed by atoms with E-state index in [-0.39, 0.29) is 29.0 Å². The Morgan fingerprint density at radius 1 is 1.15 bits per heavy atom. The lowest BCUT2D eigenvalue weighted by molar-refractivity contribution is -0.0501. The van der Waals surface area contributed by atoms with E-state index in [1.807, 2.05) is 6.07 Å². The first-order valence-electron chi connectivity index (χ1n) is 9.75. The summed E-state index contributed by atoms with van der Waals surface area (Å²) < 4.78 is 71.8. The van der Waals surface area contributed by atoms with E-state index in [4.69, 9.17) is 5.26 Å². The number of halogens is 3. The lowest BCUT2D eigenvalue weighted by Gasteiger charge is -2.31. The zero-order valence-electron chi connectivity index (χ0n) is 17.5. The van der Waals surface area contributed by atoms with Crippen LogP contribution in [0.15, 0.2) is 36.4 Å². The summed E-state index contributed by atoms with van der Waals surface area (Å²) in [6.45, 7) is 0.262. The summed E-state index contributed by atoms with van der Waals surface area (Å²) in [5, 5.41) is 9.16. The second-order valence-corrected chi connectivity index (χ2v) is 8.78. The topological polar surface area (TPSA) is 122 Å². The number of nitrogens with zero attached hydrogens (tertiary/aromatic N) is 4. The van der Waals surface area contributed by atoms with E-state index in [0.29, 0.717) is 24.1 Å². The van der Waals surface area contributed by atoms with Gasteiger partial charge in [-0.25, -0.2) is 14.8 Å². The second-order valence-electron chi connectivity index (χ2n) is 7.24. The van der Waals surface area contributed by atoms with Gasteiger partial charge in [-0.05, 0) is 54.8 Å². The predicted molar refractivity (Wildman–Crippen MR) is 113 cm³/mol. The van der Waals surface area contributed by atoms with Gasteiger partial charge in [-0.3, -0.25) is 0 Å². The van der Waals surface area contributed by atoms with Gasteiger partial charge in [0.2, 0.25) is 0 Å². The van der Waals surface area contributed by atoms with Crippen LogP contribution in [0, 0.1) is 11.3 Å². The van der Waals surface area contributed by atoms with Gasteiger partial charge in [-0.15, -0.1) is 0 Å². The summed E-state index contributed by atoms with van der Waals surface area (Å²) in [6, 6.07) is 10.7. The van der Waals surface area contributed by atoms with Crippen LogP contribution in [0.4, 0.5) is 24.7 Å². The molecule has 0 atom stereocenters. The number of fused-ring (bicyclic) bond motifs is 2. The molecule has 0 amide bonds. The normalized spacial score (nSPS) is 13.8. The van der Waals surface area contributed by atoms with Crippen molar-refractivity contribution in [3.8, 4) is 11.9 Å². The quantitative estimate of drug-likeness (QED) is 0.305. The third kappa shape index (κ3) is 4.19. The first-order valence-corrected chi connectivity index (χ1v) is 11.2. The average molecular weight is 492 g/mol. The van der Waals surface area contributed by atoms with Crippen LogP contribution in [0.3, 0.4) is 0 Å². The zero-order chi connectivity index (χ0) is 24.7. The van der Waals surface area contributed by atoms with E-state index in [2.05, 4.69) is 18.9 Å². The molecule has 1 aromatic heterocycles. The van der Waals surface area contributed by atoms with Gasteiger partial charge in [0.15, 0.2) is 5.82 Å². The van der Waals surface area contributed by atoms with E-state index in [0.717, 1.165) is 5.56 Å². The number of benzene rings is 2. The number of nitriles is 1. The van der Waals surface area contributed by atoms with Crippen LogP contribution in [0.25, 0.3) is 11.0 Å². The smallest absolute Gasteiger partial charge is 0.465 e. The monoisotopic (exact) mass is 492 g/mol. The highest BCUT2D eigenvalue weighted by Gasteiger charge is 2.49. The summed E-state index contributed by atoms with van der Waals surface area (Å²) in [7, 11) is -4.86. The first kappa shape index (κ1) is 23.2. The van der Waals surface area contributed by atoms with Crippen LogP contribution >= 0.6 is 0 Å². The maximum Gasteiger partial charge on any atom is 0.534 e. The molecule has 34 heavy (non-hydrogen) atoms. The highest BCUT2D eigenvalue weighted by Crippen LogP contribution is 2.39. The van der Waals surface area contributed by atoms with Gasteiger partial charge < -0.3 is 13.8 Å². The summed E-state index contributed by atoms with van der Waals surface area (Å²) in [4.78, 5) is 21.7. The second kappa shape index (κ2) is 8.45. The molecule has 4 rings (SSSR count). The van der Waals surface area contributed by atoms with Crippen molar-refractivity contribution in [2.75, 3.05) is 18.6 Å². The van der Waals surface area contributed by atoms with E-state index < -0.39 is 27.5 Å². The Kier molecular flexibility index (Phi) is 5.78. The molecule has 2 aromatic carbocycles. The Labute approximate surface area is 191 Å². The number of hydrogen-bond acceptors (Lipinski definition) is 9. The molecule has 9 nitrogen and oxygen atoms in total. The number of ether oxygens (including phenoxy) is 1. The molecule has 0 radical (unpaired) electrons. The van der Waals surface area contributed by atoms with Crippen LogP contribution in [0.1, 0.15) is 27.9 Å². The van der Waals surface area contributed by atoms with Crippen molar-refractivity contribution in [2.24, 2.45) is 0 Å². The largest absolute Gasteiger partial charge is 0.534 e. The highest BCUT2D eigenvalue weighted by atomic mass is 32.2. The van der Waals surface area contributed by atoms with Gasteiger partial charge in [0.05, 0.1) is 35.3 Å². The van der Waals surface area contributed by atoms with Gasteiger partial charge >= 0.3 is 21.6 Å². The summed E-state index contributed by atoms with van der Waals surface area (Å²) in [6.07, 6.45) is 1.13. The Balaban J connectivity index is 1.93. The van der Waals surface area contributed by atoms with Gasteiger partial charge in [0.25, 0.3) is 5.88 Å². The Morgan fingerprint density at radius 3 is 2.59 bits per heavy atom. The number of carbonyl (C=O) groups is 1. The summed E-state index contributed by atoms with van der Waals surface area (Å²) >= 11 is 0. The number of carbonyl (C=O) groups excluding carboxylic acids is 1. The molecule has 0 saturated carbocycles. The van der Waals surface area contributed by atoms with E-state index in [9.17, 15) is 26.4 Å². The number of esters is 1. The third-order valence-electron chi connectivity index (χ3n) is 5.09. The molecule has 0 unspecified atom stereocenters. The fourth-order valence-corrected chi connectivity index (χ4v) is 3.96. The minimum absolute atomic E-state index is 0.000777. The molecule has 0 aliphatic carbocycles. The molecule has 13 heteroatoms. The van der Waals surface area contributed by atoms with Crippen LogP contribution < -0.4 is 9.08 Å². The van der Waals surface area contributed by atoms with Gasteiger partial charge in [0.1, 0.15) is 0 Å². The number of hydrogen-bond donors (Lipinski definition) is 0. The molecule has 176 valence electrons. The van der Waals surface area contributed by atoms with Crippen molar-refractivity contribution >= 4 is 38.6 Å². The number of alkyl halides is 3. The van der Waals surface area contributed by atoms with Crippen LogP contribution in [-0.2, 0) is 21.3 Å². The molecule has 0 fully saturated rings. The fraction of sp³-hybridized carbons (Fsp3) is 0.238. The van der Waals surface area contributed by atoms with Crippen LogP contribution in [0.2, 0.25) is 0 Å². The SMILES string of the molecule is COC(=O)c1ccc2nc(OS(=O)(=O)C(F)(F)F)c(N3CCCc4cc(C#N)ccc43)nc2c1. The van der Waals surface area contributed by atoms with Gasteiger partial charge in [-0.1, -0.05) is 0 Å². The molecular formula is C21H15F3N4O5S. The Hall–Kier alpha value is -3.92. The lowest BCUT2D eigenvalue weighted by atomic mass is 9.99. The van der Waals surface area contributed by atoms with Crippen molar-refractivity contribution < 1.29 is 35.3 Å². The van der Waals surface area contributed by atoms with Gasteiger partial charge in [0, 0.05) is 12.2 Å². The van der Waals surface area contributed by atoms with E-state index in [1.54, 1.807) is 12.1 Å². The van der Waals surface area contributed by atoms with Crippen LogP contribution in [-0.4, -0.2) is 43.5 Å². The molecule has 1 aliphatic rings. The molecule has 0 bridgehead atoms. The van der Waals surface area contributed by atoms with Crippen molar-refractivity contribution in [1.82, 2.24) is 9.97 Å². The molecule has 0 saturated heterocycles. The molecule has 0 N–H and O–H groups in total. The molecule has 0 spiro atoms. The van der Waals surface area contributed by atoms with Crippen molar-refractivity contribution in [3.05, 3.63) is 53.1 Å². The fourth-order valence-electron chi connectivity index (χ4n) is 3.54. The predicted octanol–water partition coefficient (Wildman–Crippen LogP) is 3.60. The van der Waals surface area contributed by atoms with Crippen LogP contribution in [0.5, 0.6) is 5.88 Å². The zero-order valence-corrected chi connectivity index (χ0v) is 18.3. The first-order chi connectivity index (χ1) is 16.0. The van der Waals surface area contributed by atoms with E-state index in [1.165, 1.54) is 36.3 Å². The maximum atomic E-state index is 13.1. The Bertz CT molecular complexity index is 1450. The minimum Gasteiger partial charge on any atom is -0.465 e. The number of methoxy groups -OCH3 is 1. The molecule has 1 aliphatic heterocycles. The standard InChI is InChI=1S/C21H15F3N4O5S/c1-32-20(29)14-5-6-15-16(10-14)26-18(19(27-15)33-34(30,31)21(22,23)24)28-8-2-3-13-9-12(11-25)4-7-17(13)28/h4-7,9-10H,2-3,8H2,1H3. The summed E-state index contributed by atoms with van der Waals surface area (Å²) in [5.41, 5.74) is -3.83. The molecular weight excluding hydrogens is 477 g/mol. The average Bonchev–Trinajstić information content (AvgIpc) is 2.81. The van der Waals surface area contributed by atoms with Crippen molar-refractivity contribution in [2.45, 2.75) is 18.3 Å². The summed E-state index contributed by atoms with van der Waals surface area (Å²) in [5.74, 6) is -1.82. The van der Waals surface area contributed by atoms with Crippen molar-refractivity contribution in [3.63, 3.8) is 0 Å². The number of rotatable bonds is 4. The number of aryl methyl sites for hydroxylation is 1. The number of anilines is 2.